The predicted molar refractivity (Wildman–Crippen MR) is 113 cm³/mol. The molecule has 0 aliphatic carbocycles. The van der Waals surface area contributed by atoms with E-state index in [0.717, 1.165) is 45.0 Å². The summed E-state index contributed by atoms with van der Waals surface area (Å²) >= 11 is 0. The van der Waals surface area contributed by atoms with Crippen LogP contribution in [0.1, 0.15) is 5.56 Å². The number of aryl methyl sites for hydroxylation is 1. The van der Waals surface area contributed by atoms with Gasteiger partial charge < -0.3 is 14.8 Å². The molecule has 0 fully saturated rings. The predicted octanol–water partition coefficient (Wildman–Crippen LogP) is 5.37. The zero-order valence-electron chi connectivity index (χ0n) is 16.1. The van der Waals surface area contributed by atoms with Crippen LogP contribution in [0.25, 0.3) is 22.3 Å². The molecule has 0 spiro atoms. The van der Waals surface area contributed by atoms with E-state index in [2.05, 4.69) is 5.32 Å². The Kier molecular flexibility index (Phi) is 4.81. The van der Waals surface area contributed by atoms with Gasteiger partial charge in [0, 0.05) is 10.9 Å². The first-order chi connectivity index (χ1) is 13.7. The van der Waals surface area contributed by atoms with Gasteiger partial charge >= 0.3 is 0 Å². The van der Waals surface area contributed by atoms with Crippen LogP contribution in [0.2, 0.25) is 0 Å². The van der Waals surface area contributed by atoms with Crippen molar-refractivity contribution in [2.45, 2.75) is 6.92 Å². The standard InChI is InChI=1S/C23H21N3O2/c1-15-8-13-21(28-3)20(14-15)25-23-18-6-4-5-7-19(18)24-22(26-23)16-9-11-17(27-2)12-10-16/h4-14H,1-3H3,(H,24,25,26). The second kappa shape index (κ2) is 7.56. The van der Waals surface area contributed by atoms with Gasteiger partial charge in [-0.25, -0.2) is 9.97 Å². The smallest absolute Gasteiger partial charge is 0.162 e. The molecule has 3 aromatic carbocycles. The highest BCUT2D eigenvalue weighted by molar-refractivity contribution is 5.92. The first kappa shape index (κ1) is 17.8. The van der Waals surface area contributed by atoms with Crippen molar-refractivity contribution in [2.24, 2.45) is 0 Å². The minimum absolute atomic E-state index is 0.649. The molecular weight excluding hydrogens is 350 g/mol. The highest BCUT2D eigenvalue weighted by Crippen LogP contribution is 2.32. The van der Waals surface area contributed by atoms with Crippen molar-refractivity contribution in [3.8, 4) is 22.9 Å². The highest BCUT2D eigenvalue weighted by atomic mass is 16.5. The van der Waals surface area contributed by atoms with Gasteiger partial charge in [0.25, 0.3) is 0 Å². The fraction of sp³-hybridized carbons (Fsp3) is 0.130. The number of hydrogen-bond donors (Lipinski definition) is 1. The minimum Gasteiger partial charge on any atom is -0.497 e. The number of aromatic nitrogens is 2. The van der Waals surface area contributed by atoms with Gasteiger partial charge in [-0.2, -0.15) is 0 Å². The molecule has 4 aromatic rings. The fourth-order valence-electron chi connectivity index (χ4n) is 3.09. The third-order valence-electron chi connectivity index (χ3n) is 4.56. The van der Waals surface area contributed by atoms with Crippen LogP contribution >= 0.6 is 0 Å². The summed E-state index contributed by atoms with van der Waals surface area (Å²) < 4.78 is 10.8. The molecule has 0 saturated carbocycles. The second-order valence-electron chi connectivity index (χ2n) is 6.47. The fourth-order valence-corrected chi connectivity index (χ4v) is 3.09. The number of hydrogen-bond acceptors (Lipinski definition) is 5. The van der Waals surface area contributed by atoms with E-state index in [4.69, 9.17) is 19.4 Å². The Balaban J connectivity index is 1.84. The van der Waals surface area contributed by atoms with E-state index < -0.39 is 0 Å². The van der Waals surface area contributed by atoms with E-state index in [0.29, 0.717) is 5.82 Å². The first-order valence-electron chi connectivity index (χ1n) is 9.01. The van der Waals surface area contributed by atoms with Crippen molar-refractivity contribution in [1.82, 2.24) is 9.97 Å². The van der Waals surface area contributed by atoms with Gasteiger partial charge in [0.2, 0.25) is 0 Å². The van der Waals surface area contributed by atoms with Crippen LogP contribution < -0.4 is 14.8 Å². The quantitative estimate of drug-likeness (QED) is 0.511. The lowest BCUT2D eigenvalue weighted by Crippen LogP contribution is -2.01. The lowest BCUT2D eigenvalue weighted by Gasteiger charge is -2.14. The minimum atomic E-state index is 0.649. The Bertz CT molecular complexity index is 1120. The van der Waals surface area contributed by atoms with Crippen LogP contribution in [-0.2, 0) is 0 Å². The summed E-state index contributed by atoms with van der Waals surface area (Å²) in [7, 11) is 3.31. The molecule has 1 N–H and O–H groups in total. The van der Waals surface area contributed by atoms with Crippen molar-refractivity contribution in [3.05, 3.63) is 72.3 Å². The van der Waals surface area contributed by atoms with Crippen molar-refractivity contribution in [2.75, 3.05) is 19.5 Å². The number of rotatable bonds is 5. The highest BCUT2D eigenvalue weighted by Gasteiger charge is 2.12. The Hall–Kier alpha value is -3.60. The maximum absolute atomic E-state index is 5.51. The molecule has 0 amide bonds. The van der Waals surface area contributed by atoms with Gasteiger partial charge in [-0.3, -0.25) is 0 Å². The average Bonchev–Trinajstić information content (AvgIpc) is 2.74. The Morgan fingerprint density at radius 2 is 1.61 bits per heavy atom. The van der Waals surface area contributed by atoms with Gasteiger partial charge in [-0.15, -0.1) is 0 Å². The van der Waals surface area contributed by atoms with Gasteiger partial charge in [0.15, 0.2) is 5.82 Å². The summed E-state index contributed by atoms with van der Waals surface area (Å²) in [6.45, 7) is 2.05. The first-order valence-corrected chi connectivity index (χ1v) is 9.01. The molecule has 5 nitrogen and oxygen atoms in total. The van der Waals surface area contributed by atoms with Crippen LogP contribution in [0.4, 0.5) is 11.5 Å². The van der Waals surface area contributed by atoms with E-state index in [9.17, 15) is 0 Å². The number of para-hydroxylation sites is 1. The molecule has 0 aliphatic rings. The number of benzene rings is 3. The molecule has 4 rings (SSSR count). The van der Waals surface area contributed by atoms with Crippen LogP contribution in [0.15, 0.2) is 66.7 Å². The second-order valence-corrected chi connectivity index (χ2v) is 6.47. The summed E-state index contributed by atoms with van der Waals surface area (Å²) in [5.41, 5.74) is 3.80. The zero-order valence-corrected chi connectivity index (χ0v) is 16.1. The number of methoxy groups -OCH3 is 2. The van der Waals surface area contributed by atoms with Crippen LogP contribution in [0.5, 0.6) is 11.5 Å². The van der Waals surface area contributed by atoms with E-state index in [1.165, 1.54) is 0 Å². The Morgan fingerprint density at radius 1 is 0.821 bits per heavy atom. The molecule has 0 aliphatic heterocycles. The van der Waals surface area contributed by atoms with Crippen molar-refractivity contribution in [3.63, 3.8) is 0 Å². The molecule has 140 valence electrons. The molecule has 5 heteroatoms. The number of fused-ring (bicyclic) bond motifs is 1. The summed E-state index contributed by atoms with van der Waals surface area (Å²) in [4.78, 5) is 9.55. The number of anilines is 2. The monoisotopic (exact) mass is 371 g/mol. The van der Waals surface area contributed by atoms with Gasteiger partial charge in [0.05, 0.1) is 25.4 Å². The van der Waals surface area contributed by atoms with E-state index in [1.807, 2.05) is 73.7 Å². The number of ether oxygens (including phenoxy) is 2. The zero-order chi connectivity index (χ0) is 19.5. The number of nitrogens with zero attached hydrogens (tertiary/aromatic N) is 2. The third kappa shape index (κ3) is 3.47. The Morgan fingerprint density at radius 3 is 2.36 bits per heavy atom. The maximum Gasteiger partial charge on any atom is 0.162 e. The van der Waals surface area contributed by atoms with Crippen LogP contribution in [0.3, 0.4) is 0 Å². The summed E-state index contributed by atoms with van der Waals surface area (Å²) in [6, 6.07) is 21.7. The molecule has 28 heavy (non-hydrogen) atoms. The normalized spacial score (nSPS) is 10.7. The van der Waals surface area contributed by atoms with Crippen LogP contribution in [-0.4, -0.2) is 24.2 Å². The van der Waals surface area contributed by atoms with Gasteiger partial charge in [0.1, 0.15) is 17.3 Å². The van der Waals surface area contributed by atoms with Crippen molar-refractivity contribution >= 4 is 22.4 Å². The molecular formula is C23H21N3O2. The summed E-state index contributed by atoms with van der Waals surface area (Å²) in [6.07, 6.45) is 0. The van der Waals surface area contributed by atoms with E-state index in [1.54, 1.807) is 14.2 Å². The lowest BCUT2D eigenvalue weighted by molar-refractivity contribution is 0.415. The molecule has 0 atom stereocenters. The SMILES string of the molecule is COc1ccc(-c2nc(Nc3cc(C)ccc3OC)c3ccccc3n2)cc1. The van der Waals surface area contributed by atoms with Gasteiger partial charge in [-0.1, -0.05) is 18.2 Å². The van der Waals surface area contributed by atoms with E-state index >= 15 is 0 Å². The molecule has 0 unspecified atom stereocenters. The summed E-state index contributed by atoms with van der Waals surface area (Å²) in [5.74, 6) is 2.95. The maximum atomic E-state index is 5.51. The average molecular weight is 371 g/mol. The Labute approximate surface area is 164 Å². The molecule has 0 radical (unpaired) electrons. The summed E-state index contributed by atoms with van der Waals surface area (Å²) in [5, 5.41) is 4.39. The number of nitrogens with one attached hydrogen (secondary N) is 1. The van der Waals surface area contributed by atoms with Crippen LogP contribution in [0, 0.1) is 6.92 Å². The molecule has 0 saturated heterocycles. The largest absolute Gasteiger partial charge is 0.497 e. The van der Waals surface area contributed by atoms with Gasteiger partial charge in [-0.05, 0) is 61.0 Å². The van der Waals surface area contributed by atoms with E-state index in [-0.39, 0.29) is 0 Å². The molecule has 0 bridgehead atoms. The lowest BCUT2D eigenvalue weighted by atomic mass is 10.1. The molecule has 1 heterocycles. The third-order valence-corrected chi connectivity index (χ3v) is 4.56. The molecule has 1 aromatic heterocycles. The van der Waals surface area contributed by atoms with Crippen molar-refractivity contribution in [1.29, 1.82) is 0 Å². The topological polar surface area (TPSA) is 56.3 Å². The van der Waals surface area contributed by atoms with Crippen molar-refractivity contribution < 1.29 is 9.47 Å².